The molecule has 24 heavy (non-hydrogen) atoms. The van der Waals surface area contributed by atoms with Crippen LogP contribution in [0.3, 0.4) is 0 Å². The molecular formula is C18H21ClN2O2S. The topological polar surface area (TPSA) is 55.1 Å². The Kier molecular flexibility index (Phi) is 5.85. The predicted octanol–water partition coefficient (Wildman–Crippen LogP) is 4.97. The number of carbonyl (C=O) groups is 1. The third kappa shape index (κ3) is 4.54. The van der Waals surface area contributed by atoms with E-state index in [4.69, 9.17) is 16.0 Å². The Labute approximate surface area is 151 Å². The number of amides is 1. The number of fused-ring (bicyclic) bond motifs is 1. The van der Waals surface area contributed by atoms with Crippen LogP contribution in [-0.2, 0) is 4.79 Å². The smallest absolute Gasteiger partial charge is 0.257 e. The van der Waals surface area contributed by atoms with Gasteiger partial charge in [0, 0.05) is 11.6 Å². The molecule has 0 bridgehead atoms. The summed E-state index contributed by atoms with van der Waals surface area (Å²) in [5.74, 6) is 0.0108. The van der Waals surface area contributed by atoms with Crippen LogP contribution < -0.4 is 5.32 Å². The van der Waals surface area contributed by atoms with Crippen LogP contribution in [0.15, 0.2) is 39.5 Å². The number of hydrogen-bond donors (Lipinski definition) is 1. The second-order valence-corrected chi connectivity index (χ2v) is 7.73. The van der Waals surface area contributed by atoms with Crippen LogP contribution in [0.4, 0.5) is 0 Å². The van der Waals surface area contributed by atoms with E-state index >= 15 is 0 Å². The summed E-state index contributed by atoms with van der Waals surface area (Å²) in [6.07, 6.45) is 8.18. The molecule has 1 aliphatic carbocycles. The van der Waals surface area contributed by atoms with Gasteiger partial charge in [-0.05, 0) is 57.2 Å². The number of rotatable bonds is 6. The summed E-state index contributed by atoms with van der Waals surface area (Å²) < 4.78 is 5.65. The van der Waals surface area contributed by atoms with Crippen LogP contribution in [0, 0.1) is 0 Å². The SMILES string of the molecule is CC(Sc1nc2cc(Cl)ccc2o1)C(=O)NCCC1=CCCCC1. The molecule has 1 heterocycles. The lowest BCUT2D eigenvalue weighted by molar-refractivity contribution is -0.120. The average Bonchev–Trinajstić information content (AvgIpc) is 2.97. The van der Waals surface area contributed by atoms with Gasteiger partial charge in [-0.2, -0.15) is 0 Å². The van der Waals surface area contributed by atoms with Gasteiger partial charge in [0.25, 0.3) is 5.22 Å². The molecule has 0 fully saturated rings. The number of benzene rings is 1. The summed E-state index contributed by atoms with van der Waals surface area (Å²) in [5, 5.41) is 3.86. The summed E-state index contributed by atoms with van der Waals surface area (Å²) in [7, 11) is 0. The highest BCUT2D eigenvalue weighted by Crippen LogP contribution is 2.28. The van der Waals surface area contributed by atoms with Crippen molar-refractivity contribution < 1.29 is 9.21 Å². The molecule has 1 atom stereocenters. The van der Waals surface area contributed by atoms with Crippen LogP contribution in [0.1, 0.15) is 39.0 Å². The fraction of sp³-hybridized carbons (Fsp3) is 0.444. The molecule has 1 aromatic heterocycles. The van der Waals surface area contributed by atoms with Crippen molar-refractivity contribution in [3.05, 3.63) is 34.9 Å². The standard InChI is InChI=1S/C18H21ClN2O2S/c1-12(17(22)20-10-9-13-5-3-2-4-6-13)24-18-21-15-11-14(19)7-8-16(15)23-18/h5,7-8,11-12H,2-4,6,9-10H2,1H3,(H,20,22). The number of hydrogen-bond acceptors (Lipinski definition) is 4. The molecular weight excluding hydrogens is 344 g/mol. The Morgan fingerprint density at radius 3 is 3.12 bits per heavy atom. The minimum absolute atomic E-state index is 0.0108. The molecule has 3 rings (SSSR count). The van der Waals surface area contributed by atoms with Crippen LogP contribution in [0.2, 0.25) is 5.02 Å². The second-order valence-electron chi connectivity index (χ2n) is 6.00. The Balaban J connectivity index is 1.50. The lowest BCUT2D eigenvalue weighted by Crippen LogP contribution is -2.31. The zero-order chi connectivity index (χ0) is 16.9. The highest BCUT2D eigenvalue weighted by Gasteiger charge is 2.18. The van der Waals surface area contributed by atoms with E-state index in [-0.39, 0.29) is 11.2 Å². The fourth-order valence-electron chi connectivity index (χ4n) is 2.76. The van der Waals surface area contributed by atoms with Crippen molar-refractivity contribution in [3.63, 3.8) is 0 Å². The van der Waals surface area contributed by atoms with Crippen molar-refractivity contribution in [2.45, 2.75) is 49.5 Å². The molecule has 0 saturated heterocycles. The maximum atomic E-state index is 12.2. The van der Waals surface area contributed by atoms with Crippen molar-refractivity contribution in [1.82, 2.24) is 10.3 Å². The van der Waals surface area contributed by atoms with E-state index in [1.807, 2.05) is 6.92 Å². The van der Waals surface area contributed by atoms with E-state index < -0.39 is 0 Å². The maximum Gasteiger partial charge on any atom is 0.257 e. The summed E-state index contributed by atoms with van der Waals surface area (Å²) >= 11 is 7.27. The molecule has 0 spiro atoms. The molecule has 1 amide bonds. The van der Waals surface area contributed by atoms with Crippen LogP contribution in [0.5, 0.6) is 0 Å². The molecule has 4 nitrogen and oxygen atoms in total. The number of carbonyl (C=O) groups excluding carboxylic acids is 1. The summed E-state index contributed by atoms with van der Waals surface area (Å²) in [5.41, 5.74) is 2.86. The first-order chi connectivity index (χ1) is 11.6. The van der Waals surface area contributed by atoms with Gasteiger partial charge in [0.1, 0.15) is 5.52 Å². The highest BCUT2D eigenvalue weighted by molar-refractivity contribution is 8.00. The van der Waals surface area contributed by atoms with Crippen molar-refractivity contribution >= 4 is 40.4 Å². The number of oxazole rings is 1. The molecule has 1 unspecified atom stereocenters. The van der Waals surface area contributed by atoms with Crippen molar-refractivity contribution in [2.24, 2.45) is 0 Å². The lowest BCUT2D eigenvalue weighted by Gasteiger charge is -2.14. The van der Waals surface area contributed by atoms with Crippen LogP contribution in [0.25, 0.3) is 11.1 Å². The zero-order valence-corrected chi connectivity index (χ0v) is 15.3. The van der Waals surface area contributed by atoms with E-state index in [0.29, 0.717) is 27.9 Å². The minimum Gasteiger partial charge on any atom is -0.431 e. The number of aromatic nitrogens is 1. The summed E-state index contributed by atoms with van der Waals surface area (Å²) in [4.78, 5) is 16.6. The Morgan fingerprint density at radius 2 is 2.33 bits per heavy atom. The molecule has 6 heteroatoms. The van der Waals surface area contributed by atoms with Gasteiger partial charge < -0.3 is 9.73 Å². The maximum absolute atomic E-state index is 12.2. The lowest BCUT2D eigenvalue weighted by atomic mass is 9.97. The average molecular weight is 365 g/mol. The highest BCUT2D eigenvalue weighted by atomic mass is 35.5. The zero-order valence-electron chi connectivity index (χ0n) is 13.7. The van der Waals surface area contributed by atoms with Crippen molar-refractivity contribution in [2.75, 3.05) is 6.54 Å². The molecule has 0 aliphatic heterocycles. The summed E-state index contributed by atoms with van der Waals surface area (Å²) in [6, 6.07) is 5.31. The van der Waals surface area contributed by atoms with Gasteiger partial charge in [-0.1, -0.05) is 35.0 Å². The molecule has 128 valence electrons. The number of nitrogens with one attached hydrogen (secondary N) is 1. The molecule has 1 N–H and O–H groups in total. The van der Waals surface area contributed by atoms with Gasteiger partial charge in [-0.15, -0.1) is 0 Å². The predicted molar refractivity (Wildman–Crippen MR) is 98.5 cm³/mol. The van der Waals surface area contributed by atoms with E-state index in [1.165, 1.54) is 43.0 Å². The Hall–Kier alpha value is -1.46. The molecule has 1 aliphatic rings. The van der Waals surface area contributed by atoms with Gasteiger partial charge >= 0.3 is 0 Å². The number of thioether (sulfide) groups is 1. The molecule has 0 radical (unpaired) electrons. The van der Waals surface area contributed by atoms with Crippen molar-refractivity contribution in [3.8, 4) is 0 Å². The molecule has 1 aromatic carbocycles. The number of nitrogens with zero attached hydrogens (tertiary/aromatic N) is 1. The van der Waals surface area contributed by atoms with Gasteiger partial charge in [0.2, 0.25) is 5.91 Å². The first-order valence-electron chi connectivity index (χ1n) is 8.30. The van der Waals surface area contributed by atoms with Gasteiger partial charge in [-0.25, -0.2) is 4.98 Å². The van der Waals surface area contributed by atoms with E-state index in [2.05, 4.69) is 16.4 Å². The van der Waals surface area contributed by atoms with Crippen molar-refractivity contribution in [1.29, 1.82) is 0 Å². The van der Waals surface area contributed by atoms with Crippen LogP contribution >= 0.6 is 23.4 Å². The van der Waals surface area contributed by atoms with Crippen LogP contribution in [-0.4, -0.2) is 22.7 Å². The third-order valence-corrected chi connectivity index (χ3v) is 5.29. The first-order valence-corrected chi connectivity index (χ1v) is 9.56. The first kappa shape index (κ1) is 17.4. The van der Waals surface area contributed by atoms with E-state index in [9.17, 15) is 4.79 Å². The monoisotopic (exact) mass is 364 g/mol. The minimum atomic E-state index is -0.256. The van der Waals surface area contributed by atoms with Gasteiger partial charge in [0.05, 0.1) is 5.25 Å². The number of halogens is 1. The molecule has 0 saturated carbocycles. The number of allylic oxidation sites excluding steroid dienone is 1. The second kappa shape index (κ2) is 8.08. The van der Waals surface area contributed by atoms with E-state index in [0.717, 1.165) is 6.42 Å². The van der Waals surface area contributed by atoms with E-state index in [1.54, 1.807) is 18.2 Å². The largest absolute Gasteiger partial charge is 0.431 e. The normalized spacial score (nSPS) is 16.0. The third-order valence-electron chi connectivity index (χ3n) is 4.11. The van der Waals surface area contributed by atoms with Gasteiger partial charge in [-0.3, -0.25) is 4.79 Å². The fourth-order valence-corrected chi connectivity index (χ4v) is 3.70. The Bertz CT molecular complexity index is 757. The quantitative estimate of drug-likeness (QED) is 0.580. The summed E-state index contributed by atoms with van der Waals surface area (Å²) in [6.45, 7) is 2.56. The molecule has 2 aromatic rings. The van der Waals surface area contributed by atoms with Gasteiger partial charge in [0.15, 0.2) is 5.58 Å². The Morgan fingerprint density at radius 1 is 1.46 bits per heavy atom.